The predicted molar refractivity (Wildman–Crippen MR) is 108 cm³/mol. The van der Waals surface area contributed by atoms with Crippen LogP contribution in [0.1, 0.15) is 36.9 Å². The molecule has 1 aliphatic rings. The molecule has 1 saturated carbocycles. The third kappa shape index (κ3) is 3.08. The fourth-order valence-corrected chi connectivity index (χ4v) is 4.79. The molecule has 0 spiro atoms. The number of hydrogen-bond acceptors (Lipinski definition) is 6. The largest absolute Gasteiger partial charge is 0.309 e. The molecule has 0 radical (unpaired) electrons. The van der Waals surface area contributed by atoms with Gasteiger partial charge in [-0.2, -0.15) is 0 Å². The smallest absolute Gasteiger partial charge is 0.258 e. The molecule has 27 heavy (non-hydrogen) atoms. The number of rotatable bonds is 5. The second-order valence-corrected chi connectivity index (χ2v) is 8.87. The Morgan fingerprint density at radius 2 is 2.07 bits per heavy atom. The first kappa shape index (κ1) is 16.7. The summed E-state index contributed by atoms with van der Waals surface area (Å²) in [5.74, 6) is 1.59. The van der Waals surface area contributed by atoms with E-state index in [1.807, 2.05) is 31.2 Å². The van der Waals surface area contributed by atoms with Gasteiger partial charge in [0.25, 0.3) is 5.56 Å². The number of aromatic amines is 1. The second-order valence-electron chi connectivity index (χ2n) is 6.61. The van der Waals surface area contributed by atoms with Crippen LogP contribution in [0.25, 0.3) is 21.6 Å². The van der Waals surface area contributed by atoms with Crippen molar-refractivity contribution in [1.82, 2.24) is 24.7 Å². The molecule has 1 N–H and O–H groups in total. The van der Waals surface area contributed by atoms with Crippen molar-refractivity contribution in [3.05, 3.63) is 58.0 Å². The molecule has 1 fully saturated rings. The van der Waals surface area contributed by atoms with Crippen LogP contribution < -0.4 is 5.56 Å². The average molecular weight is 396 g/mol. The van der Waals surface area contributed by atoms with Gasteiger partial charge >= 0.3 is 0 Å². The molecular formula is C19H17N5OS2. The molecule has 0 bridgehead atoms. The summed E-state index contributed by atoms with van der Waals surface area (Å²) in [6.07, 6.45) is 2.31. The van der Waals surface area contributed by atoms with E-state index in [0.29, 0.717) is 22.8 Å². The minimum absolute atomic E-state index is 0.0415. The van der Waals surface area contributed by atoms with Crippen molar-refractivity contribution in [3.63, 3.8) is 0 Å². The molecule has 0 aliphatic heterocycles. The number of thioether (sulfide) groups is 1. The SMILES string of the molecule is C[C@H](Sc1nnc(-c2cccs2)n1C1CC1)c1nc2ccccc2c(=O)[nH]1. The van der Waals surface area contributed by atoms with Gasteiger partial charge in [0, 0.05) is 6.04 Å². The number of aromatic nitrogens is 5. The van der Waals surface area contributed by atoms with E-state index < -0.39 is 0 Å². The van der Waals surface area contributed by atoms with E-state index in [0.717, 1.165) is 28.7 Å². The summed E-state index contributed by atoms with van der Waals surface area (Å²) in [6.45, 7) is 2.04. The summed E-state index contributed by atoms with van der Waals surface area (Å²) >= 11 is 3.26. The third-order valence-corrected chi connectivity index (χ3v) is 6.55. The maximum atomic E-state index is 12.4. The maximum Gasteiger partial charge on any atom is 0.258 e. The molecule has 0 unspecified atom stereocenters. The number of thiophene rings is 1. The van der Waals surface area contributed by atoms with Gasteiger partial charge in [-0.25, -0.2) is 4.98 Å². The van der Waals surface area contributed by atoms with E-state index in [2.05, 4.69) is 36.2 Å². The summed E-state index contributed by atoms with van der Waals surface area (Å²) in [5.41, 5.74) is 0.609. The minimum atomic E-state index is -0.106. The molecule has 3 heterocycles. The standard InChI is InChI=1S/C19H17N5OS2/c1-11(16-20-14-6-3-2-5-13(14)18(25)21-16)27-19-23-22-17(15-7-4-10-26-15)24(19)12-8-9-12/h2-7,10-12H,8-9H2,1H3,(H,20,21,25)/t11-/m0/s1. The molecule has 0 saturated heterocycles. The van der Waals surface area contributed by atoms with Crippen molar-refractivity contribution in [3.8, 4) is 10.7 Å². The van der Waals surface area contributed by atoms with Gasteiger partial charge in [0.2, 0.25) is 0 Å². The number of nitrogens with one attached hydrogen (secondary N) is 1. The molecule has 0 amide bonds. The van der Waals surface area contributed by atoms with Crippen molar-refractivity contribution in [2.75, 3.05) is 0 Å². The van der Waals surface area contributed by atoms with E-state index in [1.165, 1.54) is 0 Å². The highest BCUT2D eigenvalue weighted by Gasteiger charge is 2.31. The van der Waals surface area contributed by atoms with Crippen LogP contribution in [-0.2, 0) is 0 Å². The molecule has 5 rings (SSSR count). The quantitative estimate of drug-likeness (QED) is 0.506. The zero-order valence-corrected chi connectivity index (χ0v) is 16.3. The van der Waals surface area contributed by atoms with Gasteiger partial charge in [0.1, 0.15) is 5.82 Å². The van der Waals surface area contributed by atoms with Gasteiger partial charge in [-0.05, 0) is 43.3 Å². The molecule has 4 aromatic rings. The fourth-order valence-electron chi connectivity index (χ4n) is 3.10. The van der Waals surface area contributed by atoms with Gasteiger partial charge in [-0.15, -0.1) is 21.5 Å². The Morgan fingerprint density at radius 1 is 1.22 bits per heavy atom. The highest BCUT2D eigenvalue weighted by Crippen LogP contribution is 2.44. The first-order chi connectivity index (χ1) is 13.2. The Balaban J connectivity index is 1.50. The van der Waals surface area contributed by atoms with E-state index >= 15 is 0 Å². The van der Waals surface area contributed by atoms with Crippen LogP contribution in [0.15, 0.2) is 51.7 Å². The lowest BCUT2D eigenvalue weighted by atomic mass is 10.2. The zero-order chi connectivity index (χ0) is 18.4. The minimum Gasteiger partial charge on any atom is -0.309 e. The third-order valence-electron chi connectivity index (χ3n) is 4.62. The predicted octanol–water partition coefficient (Wildman–Crippen LogP) is 4.43. The Labute approximate surface area is 163 Å². The fraction of sp³-hybridized carbons (Fsp3) is 0.263. The van der Waals surface area contributed by atoms with Crippen LogP contribution >= 0.6 is 23.1 Å². The summed E-state index contributed by atoms with van der Waals surface area (Å²) in [5, 5.41) is 12.4. The Morgan fingerprint density at radius 3 is 2.85 bits per heavy atom. The van der Waals surface area contributed by atoms with E-state index in [-0.39, 0.29) is 10.8 Å². The maximum absolute atomic E-state index is 12.4. The van der Waals surface area contributed by atoms with Gasteiger partial charge in [-0.3, -0.25) is 9.36 Å². The van der Waals surface area contributed by atoms with Crippen LogP contribution in [0.2, 0.25) is 0 Å². The molecule has 1 aromatic carbocycles. The van der Waals surface area contributed by atoms with Gasteiger partial charge in [0.05, 0.1) is 21.0 Å². The molecule has 1 atom stereocenters. The molecule has 1 aliphatic carbocycles. The highest BCUT2D eigenvalue weighted by atomic mass is 32.2. The summed E-state index contributed by atoms with van der Waals surface area (Å²) in [7, 11) is 0. The average Bonchev–Trinajstić information content (AvgIpc) is 3.20. The van der Waals surface area contributed by atoms with Crippen molar-refractivity contribution < 1.29 is 0 Å². The summed E-state index contributed by atoms with van der Waals surface area (Å²) < 4.78 is 2.24. The van der Waals surface area contributed by atoms with Crippen LogP contribution in [0.3, 0.4) is 0 Å². The Bertz CT molecular complexity index is 1160. The topological polar surface area (TPSA) is 76.5 Å². The van der Waals surface area contributed by atoms with Crippen LogP contribution in [0.5, 0.6) is 0 Å². The van der Waals surface area contributed by atoms with Crippen molar-refractivity contribution in [2.45, 2.75) is 36.2 Å². The number of H-pyrrole nitrogens is 1. The van der Waals surface area contributed by atoms with Crippen LogP contribution in [0, 0.1) is 0 Å². The lowest BCUT2D eigenvalue weighted by Crippen LogP contribution is -2.13. The Kier molecular flexibility index (Phi) is 4.09. The van der Waals surface area contributed by atoms with Crippen LogP contribution in [-0.4, -0.2) is 24.7 Å². The number of para-hydroxylation sites is 1. The highest BCUT2D eigenvalue weighted by molar-refractivity contribution is 7.99. The monoisotopic (exact) mass is 395 g/mol. The molecular weight excluding hydrogens is 378 g/mol. The first-order valence-electron chi connectivity index (χ1n) is 8.85. The molecule has 136 valence electrons. The van der Waals surface area contributed by atoms with E-state index in [4.69, 9.17) is 0 Å². The summed E-state index contributed by atoms with van der Waals surface area (Å²) in [4.78, 5) is 21.1. The van der Waals surface area contributed by atoms with E-state index in [9.17, 15) is 4.79 Å². The first-order valence-corrected chi connectivity index (χ1v) is 10.6. The van der Waals surface area contributed by atoms with Crippen molar-refractivity contribution >= 4 is 34.0 Å². The normalized spacial score (nSPS) is 15.3. The van der Waals surface area contributed by atoms with Gasteiger partial charge in [-0.1, -0.05) is 30.0 Å². The number of hydrogen-bond donors (Lipinski definition) is 1. The van der Waals surface area contributed by atoms with E-state index in [1.54, 1.807) is 29.2 Å². The lowest BCUT2D eigenvalue weighted by Gasteiger charge is -2.12. The molecule has 3 aromatic heterocycles. The van der Waals surface area contributed by atoms with Crippen molar-refractivity contribution in [2.24, 2.45) is 0 Å². The van der Waals surface area contributed by atoms with Crippen LogP contribution in [0.4, 0.5) is 0 Å². The summed E-state index contributed by atoms with van der Waals surface area (Å²) in [6, 6.07) is 12.0. The number of benzene rings is 1. The lowest BCUT2D eigenvalue weighted by molar-refractivity contribution is 0.668. The number of nitrogens with zero attached hydrogens (tertiary/aromatic N) is 4. The van der Waals surface area contributed by atoms with Crippen molar-refractivity contribution in [1.29, 1.82) is 0 Å². The van der Waals surface area contributed by atoms with Gasteiger partial charge < -0.3 is 4.98 Å². The second kappa shape index (κ2) is 6.61. The number of fused-ring (bicyclic) bond motifs is 1. The Hall–Kier alpha value is -2.45. The molecule has 6 nitrogen and oxygen atoms in total. The zero-order valence-electron chi connectivity index (χ0n) is 14.6. The van der Waals surface area contributed by atoms with Gasteiger partial charge in [0.15, 0.2) is 11.0 Å². The molecule has 8 heteroatoms.